The quantitative estimate of drug-likeness (QED) is 0.149. The number of carbonyl (C=O) groups excluding carboxylic acids is 1. The van der Waals surface area contributed by atoms with Gasteiger partial charge in [0.2, 0.25) is 6.29 Å². The lowest BCUT2D eigenvalue weighted by molar-refractivity contribution is -0.386. The van der Waals surface area contributed by atoms with Crippen LogP contribution in [0, 0.1) is 10.1 Å². The summed E-state index contributed by atoms with van der Waals surface area (Å²) < 4.78 is 26.1. The lowest BCUT2D eigenvalue weighted by Crippen LogP contribution is -2.16. The fourth-order valence-corrected chi connectivity index (χ4v) is 2.11. The lowest BCUT2D eigenvalue weighted by atomic mass is 10.1. The first-order valence-electron chi connectivity index (χ1n) is 8.79. The van der Waals surface area contributed by atoms with E-state index >= 15 is 0 Å². The van der Waals surface area contributed by atoms with Gasteiger partial charge in [-0.3, -0.25) is 14.9 Å². The molecule has 9 heteroatoms. The van der Waals surface area contributed by atoms with Crippen molar-refractivity contribution >= 4 is 11.7 Å². The molecule has 1 rings (SSSR count). The molecule has 1 unspecified atom stereocenters. The smallest absolute Gasteiger partial charge is 0.310 e. The molecule has 0 heterocycles. The highest BCUT2D eigenvalue weighted by Crippen LogP contribution is 2.28. The fraction of sp³-hybridized carbons (Fsp3) is 0.611. The van der Waals surface area contributed by atoms with Crippen LogP contribution < -0.4 is 0 Å². The van der Waals surface area contributed by atoms with Crippen molar-refractivity contribution in [2.24, 2.45) is 0 Å². The van der Waals surface area contributed by atoms with E-state index in [4.69, 9.17) is 23.7 Å². The Morgan fingerprint density at radius 3 is 2.22 bits per heavy atom. The van der Waals surface area contributed by atoms with Crippen LogP contribution in [0.15, 0.2) is 24.3 Å². The van der Waals surface area contributed by atoms with Gasteiger partial charge in [0, 0.05) is 19.8 Å². The highest BCUT2D eigenvalue weighted by molar-refractivity contribution is 5.69. The first-order chi connectivity index (χ1) is 13.1. The molecule has 0 radical (unpaired) electrons. The van der Waals surface area contributed by atoms with Gasteiger partial charge in [-0.05, 0) is 12.5 Å². The summed E-state index contributed by atoms with van der Waals surface area (Å²) in [4.78, 5) is 22.4. The number of nitro benzene ring substituents is 1. The molecule has 0 N–H and O–H groups in total. The molecule has 0 aliphatic rings. The van der Waals surface area contributed by atoms with Crippen molar-refractivity contribution in [3.8, 4) is 0 Å². The van der Waals surface area contributed by atoms with Gasteiger partial charge in [0.05, 0.1) is 49.9 Å². The molecule has 0 saturated heterocycles. The zero-order valence-corrected chi connectivity index (χ0v) is 15.8. The molecule has 0 spiro atoms. The molecule has 0 aromatic heterocycles. The van der Waals surface area contributed by atoms with Gasteiger partial charge in [0.1, 0.15) is 0 Å². The molecule has 0 saturated carbocycles. The minimum absolute atomic E-state index is 0.000101. The van der Waals surface area contributed by atoms with Crippen molar-refractivity contribution in [1.29, 1.82) is 0 Å². The Morgan fingerprint density at radius 1 is 1.04 bits per heavy atom. The van der Waals surface area contributed by atoms with Gasteiger partial charge in [0.25, 0.3) is 5.69 Å². The van der Waals surface area contributed by atoms with Crippen LogP contribution in [0.25, 0.3) is 0 Å². The summed E-state index contributed by atoms with van der Waals surface area (Å²) in [6.45, 7) is 4.70. The molecule has 1 atom stereocenters. The molecule has 0 amide bonds. The summed E-state index contributed by atoms with van der Waals surface area (Å²) in [5.41, 5.74) is 0.00595. The first-order valence-corrected chi connectivity index (χ1v) is 8.79. The normalized spacial score (nSPS) is 11.9. The number of esters is 1. The molecule has 0 aliphatic heterocycles. The molecule has 9 nitrogen and oxygen atoms in total. The molecular formula is C18H27NO8. The number of hydrogen-bond acceptors (Lipinski definition) is 8. The number of para-hydroxylation sites is 1. The topological polar surface area (TPSA) is 106 Å². The average molecular weight is 385 g/mol. The predicted molar refractivity (Wildman–Crippen MR) is 96.3 cm³/mol. The highest BCUT2D eigenvalue weighted by atomic mass is 16.7. The van der Waals surface area contributed by atoms with E-state index in [2.05, 4.69) is 0 Å². The third kappa shape index (κ3) is 9.43. The monoisotopic (exact) mass is 385 g/mol. The van der Waals surface area contributed by atoms with Gasteiger partial charge >= 0.3 is 5.97 Å². The number of carbonyl (C=O) groups is 1. The summed E-state index contributed by atoms with van der Waals surface area (Å²) in [6, 6.07) is 5.95. The predicted octanol–water partition coefficient (Wildman–Crippen LogP) is 2.63. The third-order valence-electron chi connectivity index (χ3n) is 3.38. The maximum atomic E-state index is 11.9. The largest absolute Gasteiger partial charge is 0.431 e. The summed E-state index contributed by atoms with van der Waals surface area (Å²) in [5, 5.41) is 11.1. The van der Waals surface area contributed by atoms with Crippen molar-refractivity contribution in [2.45, 2.75) is 26.1 Å². The first kappa shape index (κ1) is 23.0. The summed E-state index contributed by atoms with van der Waals surface area (Å²) >= 11 is 0. The Labute approximate surface area is 158 Å². The number of hydrogen-bond donors (Lipinski definition) is 0. The van der Waals surface area contributed by atoms with Crippen molar-refractivity contribution in [2.75, 3.05) is 46.8 Å². The minimum atomic E-state index is -1.15. The van der Waals surface area contributed by atoms with Crippen LogP contribution in [0.5, 0.6) is 0 Å². The van der Waals surface area contributed by atoms with Crippen LogP contribution in [-0.4, -0.2) is 57.6 Å². The lowest BCUT2D eigenvalue weighted by Gasteiger charge is -2.16. The second-order valence-electron chi connectivity index (χ2n) is 5.46. The molecule has 0 bridgehead atoms. The maximum Gasteiger partial charge on any atom is 0.310 e. The highest BCUT2D eigenvalue weighted by Gasteiger charge is 2.24. The van der Waals surface area contributed by atoms with Gasteiger partial charge in [-0.2, -0.15) is 0 Å². The van der Waals surface area contributed by atoms with Gasteiger partial charge in [-0.1, -0.05) is 19.1 Å². The molecule has 1 aromatic carbocycles. The van der Waals surface area contributed by atoms with E-state index in [9.17, 15) is 14.9 Å². The van der Waals surface area contributed by atoms with E-state index in [1.807, 2.05) is 6.92 Å². The molecule has 0 aliphatic carbocycles. The van der Waals surface area contributed by atoms with Gasteiger partial charge in [0.15, 0.2) is 0 Å². The average Bonchev–Trinajstić information content (AvgIpc) is 2.67. The SMILES string of the molecule is CCCOCCOCCOCCC(=O)OC(OC)c1ccccc1[N+](=O)[O-]. The van der Waals surface area contributed by atoms with Crippen molar-refractivity contribution in [3.05, 3.63) is 39.9 Å². The van der Waals surface area contributed by atoms with E-state index in [0.717, 1.165) is 13.0 Å². The Balaban J connectivity index is 2.24. The van der Waals surface area contributed by atoms with Crippen LogP contribution in [0.2, 0.25) is 0 Å². The van der Waals surface area contributed by atoms with Crippen LogP contribution in [-0.2, 0) is 28.5 Å². The number of ether oxygens (including phenoxy) is 5. The van der Waals surface area contributed by atoms with Crippen molar-refractivity contribution < 1.29 is 33.4 Å². The van der Waals surface area contributed by atoms with Gasteiger partial charge < -0.3 is 23.7 Å². The molecule has 1 aromatic rings. The minimum Gasteiger partial charge on any atom is -0.431 e. The standard InChI is InChI=1S/C18H27NO8/c1-3-9-24-11-13-26-14-12-25-10-8-17(20)27-18(23-2)15-6-4-5-7-16(15)19(21)22/h4-7,18H,3,8-14H2,1-2H3. The van der Waals surface area contributed by atoms with Crippen LogP contribution in [0.1, 0.15) is 31.6 Å². The second-order valence-corrected chi connectivity index (χ2v) is 5.46. The Kier molecular flexibility index (Phi) is 11.9. The van der Waals surface area contributed by atoms with E-state index in [1.54, 1.807) is 6.07 Å². The van der Waals surface area contributed by atoms with Gasteiger partial charge in [-0.15, -0.1) is 0 Å². The number of nitrogens with zero attached hydrogens (tertiary/aromatic N) is 1. The van der Waals surface area contributed by atoms with Crippen LogP contribution >= 0.6 is 0 Å². The number of rotatable bonds is 15. The summed E-state index contributed by atoms with van der Waals surface area (Å²) in [7, 11) is 1.31. The van der Waals surface area contributed by atoms with Crippen LogP contribution in [0.3, 0.4) is 0 Å². The van der Waals surface area contributed by atoms with E-state index in [0.29, 0.717) is 26.4 Å². The maximum absolute atomic E-state index is 11.9. The summed E-state index contributed by atoms with van der Waals surface area (Å²) in [5.74, 6) is -0.575. The van der Waals surface area contributed by atoms with Crippen molar-refractivity contribution in [1.82, 2.24) is 0 Å². The summed E-state index contributed by atoms with van der Waals surface area (Å²) in [6.07, 6.45) is -0.175. The number of methoxy groups -OCH3 is 1. The van der Waals surface area contributed by atoms with E-state index < -0.39 is 17.2 Å². The van der Waals surface area contributed by atoms with Crippen molar-refractivity contribution in [3.63, 3.8) is 0 Å². The zero-order chi connectivity index (χ0) is 19.9. The Morgan fingerprint density at radius 2 is 1.63 bits per heavy atom. The second kappa shape index (κ2) is 14.0. The van der Waals surface area contributed by atoms with Gasteiger partial charge in [-0.25, -0.2) is 0 Å². The molecular weight excluding hydrogens is 358 g/mol. The Bertz CT molecular complexity index is 566. The molecule has 152 valence electrons. The number of nitro groups is 1. The third-order valence-corrected chi connectivity index (χ3v) is 3.38. The zero-order valence-electron chi connectivity index (χ0n) is 15.8. The number of benzene rings is 1. The molecule has 0 fully saturated rings. The van der Waals surface area contributed by atoms with Crippen LogP contribution in [0.4, 0.5) is 5.69 Å². The molecule has 27 heavy (non-hydrogen) atoms. The van der Waals surface area contributed by atoms with E-state index in [1.165, 1.54) is 25.3 Å². The van der Waals surface area contributed by atoms with E-state index in [-0.39, 0.29) is 24.3 Å². The fourth-order valence-electron chi connectivity index (χ4n) is 2.11. The Hall–Kier alpha value is -2.07.